The van der Waals surface area contributed by atoms with E-state index in [9.17, 15) is 9.59 Å². The van der Waals surface area contributed by atoms with E-state index in [1.54, 1.807) is 0 Å². The van der Waals surface area contributed by atoms with Gasteiger partial charge in [0.2, 0.25) is 0 Å². The summed E-state index contributed by atoms with van der Waals surface area (Å²) in [5, 5.41) is 1.92. The van der Waals surface area contributed by atoms with Crippen molar-refractivity contribution in [3.8, 4) is 0 Å². The highest BCUT2D eigenvalue weighted by Gasteiger charge is 2.33. The van der Waals surface area contributed by atoms with Crippen LogP contribution in [0.5, 0.6) is 0 Å². The quantitative estimate of drug-likeness (QED) is 0.717. The smallest absolute Gasteiger partial charge is 0.253 e. The van der Waals surface area contributed by atoms with Gasteiger partial charge in [-0.2, -0.15) is 0 Å². The molecule has 0 radical (unpaired) electrons. The number of nitrogens with one attached hydrogen (secondary N) is 1. The molecule has 1 aromatic carbocycles. The number of piperazine rings is 1. The number of hydrogen-bond acceptors (Lipinski definition) is 6. The van der Waals surface area contributed by atoms with Gasteiger partial charge in [-0.1, -0.05) is 18.2 Å². The standard InChI is InChI=1S/C24H27N5O3/c1-25-16-29-15-20-7-6-19(14-21(20)26-29)17-2-4-18(5-3-17)23(30)27-9-11-28(12-10-27)24(31)22-8-13-32-22/h2-6,14-15,22,26H,1,7-13,16H2. The summed E-state index contributed by atoms with van der Waals surface area (Å²) in [7, 11) is 0. The number of carbonyl (C=O) groups excluding carboxylic acids is 2. The molecule has 2 amide bonds. The van der Waals surface area contributed by atoms with Crippen LogP contribution in [-0.4, -0.2) is 78.9 Å². The van der Waals surface area contributed by atoms with E-state index < -0.39 is 0 Å². The topological polar surface area (TPSA) is 77.5 Å². The van der Waals surface area contributed by atoms with E-state index >= 15 is 0 Å². The van der Waals surface area contributed by atoms with Gasteiger partial charge in [-0.25, -0.2) is 0 Å². The second-order valence-electron chi connectivity index (χ2n) is 8.37. The van der Waals surface area contributed by atoms with Gasteiger partial charge in [-0.3, -0.25) is 25.0 Å². The highest BCUT2D eigenvalue weighted by Crippen LogP contribution is 2.31. The minimum absolute atomic E-state index is 0.00904. The molecule has 3 aliphatic heterocycles. The fourth-order valence-corrected chi connectivity index (χ4v) is 4.38. The number of fused-ring (bicyclic) bond motifs is 1. The predicted molar refractivity (Wildman–Crippen MR) is 121 cm³/mol. The zero-order valence-electron chi connectivity index (χ0n) is 18.0. The number of rotatable bonds is 5. The molecule has 1 unspecified atom stereocenters. The van der Waals surface area contributed by atoms with Crippen LogP contribution in [0.4, 0.5) is 0 Å². The Morgan fingerprint density at radius 3 is 2.50 bits per heavy atom. The van der Waals surface area contributed by atoms with Crippen LogP contribution in [0.25, 0.3) is 5.57 Å². The third-order valence-electron chi connectivity index (χ3n) is 6.33. The van der Waals surface area contributed by atoms with Crippen LogP contribution in [-0.2, 0) is 9.53 Å². The van der Waals surface area contributed by atoms with E-state index in [1.165, 1.54) is 5.57 Å². The highest BCUT2D eigenvalue weighted by atomic mass is 16.5. The van der Waals surface area contributed by atoms with E-state index in [1.807, 2.05) is 39.1 Å². The third kappa shape index (κ3) is 3.93. The Balaban J connectivity index is 1.19. The van der Waals surface area contributed by atoms with Gasteiger partial charge < -0.3 is 14.5 Å². The molecule has 8 nitrogen and oxygen atoms in total. The molecule has 0 bridgehead atoms. The van der Waals surface area contributed by atoms with E-state index in [0.29, 0.717) is 45.0 Å². The van der Waals surface area contributed by atoms with E-state index in [0.717, 1.165) is 29.7 Å². The maximum atomic E-state index is 12.9. The van der Waals surface area contributed by atoms with Crippen LogP contribution in [0.2, 0.25) is 0 Å². The molecule has 5 rings (SSSR count). The molecular formula is C24H27N5O3. The third-order valence-corrected chi connectivity index (χ3v) is 6.33. The lowest BCUT2D eigenvalue weighted by Crippen LogP contribution is -2.54. The van der Waals surface area contributed by atoms with Crippen LogP contribution in [0.1, 0.15) is 28.8 Å². The lowest BCUT2D eigenvalue weighted by atomic mass is 9.95. The molecule has 32 heavy (non-hydrogen) atoms. The molecule has 2 fully saturated rings. The minimum atomic E-state index is -0.276. The monoisotopic (exact) mass is 433 g/mol. The second kappa shape index (κ2) is 8.63. The summed E-state index contributed by atoms with van der Waals surface area (Å²) in [5.41, 5.74) is 8.50. The van der Waals surface area contributed by atoms with Gasteiger partial charge in [-0.15, -0.1) is 0 Å². The molecule has 4 aliphatic rings. The first-order valence-electron chi connectivity index (χ1n) is 11.0. The van der Waals surface area contributed by atoms with E-state index in [2.05, 4.69) is 35.5 Å². The lowest BCUT2D eigenvalue weighted by Gasteiger charge is -2.38. The fraction of sp³-hybridized carbons (Fsp3) is 0.375. The maximum Gasteiger partial charge on any atom is 0.253 e. The number of amides is 2. The molecule has 1 aromatic rings. The summed E-state index contributed by atoms with van der Waals surface area (Å²) in [5.74, 6) is 0.0657. The first-order chi connectivity index (χ1) is 15.6. The van der Waals surface area contributed by atoms with Crippen molar-refractivity contribution < 1.29 is 14.3 Å². The number of benzene rings is 1. The van der Waals surface area contributed by atoms with Gasteiger partial charge in [0.25, 0.3) is 11.8 Å². The average Bonchev–Trinajstić information content (AvgIpc) is 3.19. The summed E-state index contributed by atoms with van der Waals surface area (Å²) in [6.45, 7) is 6.92. The summed E-state index contributed by atoms with van der Waals surface area (Å²) in [4.78, 5) is 32.8. The molecule has 1 N–H and O–H groups in total. The van der Waals surface area contributed by atoms with Crippen LogP contribution < -0.4 is 5.43 Å². The Bertz CT molecular complexity index is 1010. The molecule has 166 valence electrons. The number of aliphatic imine (C=N–C) groups is 1. The number of hydrogen-bond donors (Lipinski definition) is 1. The first-order valence-corrected chi connectivity index (χ1v) is 11.0. The van der Waals surface area contributed by atoms with Crippen molar-refractivity contribution in [3.63, 3.8) is 0 Å². The van der Waals surface area contributed by atoms with Crippen LogP contribution >= 0.6 is 0 Å². The average molecular weight is 434 g/mol. The van der Waals surface area contributed by atoms with Gasteiger partial charge >= 0.3 is 0 Å². The van der Waals surface area contributed by atoms with Crippen molar-refractivity contribution in [1.82, 2.24) is 20.2 Å². The van der Waals surface area contributed by atoms with Crippen molar-refractivity contribution in [1.29, 1.82) is 0 Å². The van der Waals surface area contributed by atoms with Gasteiger partial charge in [-0.05, 0) is 48.1 Å². The van der Waals surface area contributed by atoms with Gasteiger partial charge in [0.1, 0.15) is 12.8 Å². The van der Waals surface area contributed by atoms with Crippen molar-refractivity contribution in [2.24, 2.45) is 4.99 Å². The molecule has 2 saturated heterocycles. The fourth-order valence-electron chi connectivity index (χ4n) is 4.38. The van der Waals surface area contributed by atoms with Crippen LogP contribution in [0.15, 0.2) is 58.9 Å². The number of ether oxygens (including phenoxy) is 1. The number of allylic oxidation sites excluding steroid dienone is 4. The summed E-state index contributed by atoms with van der Waals surface area (Å²) in [6, 6.07) is 7.77. The lowest BCUT2D eigenvalue weighted by molar-refractivity contribution is -0.157. The van der Waals surface area contributed by atoms with Crippen molar-refractivity contribution in [3.05, 3.63) is 65.0 Å². The molecule has 1 atom stereocenters. The SMILES string of the molecule is C=NCN1C=C2CC=C(c3ccc(C(=O)N4CCN(C(=O)C5CCO5)CC4)cc3)C=C2N1. The van der Waals surface area contributed by atoms with Gasteiger partial charge in [0.15, 0.2) is 0 Å². The first kappa shape index (κ1) is 20.5. The predicted octanol–water partition coefficient (Wildman–Crippen LogP) is 1.79. The molecule has 0 aromatic heterocycles. The van der Waals surface area contributed by atoms with Gasteiger partial charge in [0.05, 0.1) is 12.3 Å². The molecule has 0 saturated carbocycles. The zero-order chi connectivity index (χ0) is 22.1. The largest absolute Gasteiger partial charge is 0.368 e. The van der Waals surface area contributed by atoms with Gasteiger partial charge in [0, 0.05) is 44.4 Å². The minimum Gasteiger partial charge on any atom is -0.368 e. The van der Waals surface area contributed by atoms with Crippen molar-refractivity contribution in [2.45, 2.75) is 18.9 Å². The second-order valence-corrected chi connectivity index (χ2v) is 8.37. The molecular weight excluding hydrogens is 406 g/mol. The van der Waals surface area contributed by atoms with Crippen molar-refractivity contribution in [2.75, 3.05) is 39.5 Å². The number of carbonyl (C=O) groups is 2. The van der Waals surface area contributed by atoms with E-state index in [-0.39, 0.29) is 17.9 Å². The Morgan fingerprint density at radius 1 is 1.12 bits per heavy atom. The Morgan fingerprint density at radius 2 is 1.84 bits per heavy atom. The molecule has 8 heteroatoms. The summed E-state index contributed by atoms with van der Waals surface area (Å²) >= 11 is 0. The molecule has 1 aliphatic carbocycles. The van der Waals surface area contributed by atoms with Crippen LogP contribution in [0, 0.1) is 0 Å². The number of hydrazine groups is 1. The zero-order valence-corrected chi connectivity index (χ0v) is 18.0. The maximum absolute atomic E-state index is 12.9. The molecule has 3 heterocycles. The summed E-state index contributed by atoms with van der Waals surface area (Å²) in [6.07, 6.45) is 7.74. The molecule has 0 spiro atoms. The Hall–Kier alpha value is -3.39. The van der Waals surface area contributed by atoms with Crippen LogP contribution in [0.3, 0.4) is 0 Å². The normalized spacial score (nSPS) is 22.2. The Kier molecular flexibility index (Phi) is 5.53. The Labute approximate surface area is 187 Å². The summed E-state index contributed by atoms with van der Waals surface area (Å²) < 4.78 is 5.29. The van der Waals surface area contributed by atoms with Crippen molar-refractivity contribution >= 4 is 24.1 Å². The highest BCUT2D eigenvalue weighted by molar-refractivity contribution is 5.95. The number of nitrogens with zero attached hydrogens (tertiary/aromatic N) is 4. The van der Waals surface area contributed by atoms with E-state index in [4.69, 9.17) is 4.74 Å².